The first kappa shape index (κ1) is 16.6. The van der Waals surface area contributed by atoms with Crippen molar-refractivity contribution in [3.63, 3.8) is 0 Å². The molecule has 0 bridgehead atoms. The van der Waals surface area contributed by atoms with Gasteiger partial charge in [0.2, 0.25) is 0 Å². The number of halogens is 1. The average Bonchev–Trinajstić information content (AvgIpc) is 3.15. The van der Waals surface area contributed by atoms with Crippen LogP contribution in [-0.2, 0) is 12.8 Å². The summed E-state index contributed by atoms with van der Waals surface area (Å²) in [6.07, 6.45) is 3.15. The number of hydrogen-bond donors (Lipinski definition) is 3. The summed E-state index contributed by atoms with van der Waals surface area (Å²) in [6, 6.07) is 6.68. The van der Waals surface area contributed by atoms with Gasteiger partial charge in [-0.05, 0) is 30.5 Å². The molecule has 9 heteroatoms. The van der Waals surface area contributed by atoms with Crippen LogP contribution in [0.1, 0.15) is 21.6 Å². The molecule has 0 saturated carbocycles. The predicted molar refractivity (Wildman–Crippen MR) is 101 cm³/mol. The van der Waals surface area contributed by atoms with E-state index >= 15 is 0 Å². The number of fused-ring (bicyclic) bond motifs is 3. The van der Waals surface area contributed by atoms with Crippen molar-refractivity contribution in [3.8, 4) is 16.1 Å². The molecule has 1 aliphatic carbocycles. The molecular weight excluding hydrogens is 374 g/mol. The topological polar surface area (TPSA) is 116 Å². The lowest BCUT2D eigenvalue weighted by atomic mass is 9.94. The molecule has 5 N–H and O–H groups in total. The first-order valence-electron chi connectivity index (χ1n) is 7.81. The van der Waals surface area contributed by atoms with Gasteiger partial charge in [0.25, 0.3) is 5.91 Å². The molecule has 4 rings (SSSR count). The maximum atomic E-state index is 11.9. The van der Waals surface area contributed by atoms with Crippen LogP contribution in [0.4, 0.5) is 9.80 Å². The summed E-state index contributed by atoms with van der Waals surface area (Å²) in [4.78, 5) is 24.0. The largest absolute Gasteiger partial charge is 0.365 e. The number of amides is 3. The quantitative estimate of drug-likeness (QED) is 0.641. The molecule has 0 atom stereocenters. The summed E-state index contributed by atoms with van der Waals surface area (Å²) in [5.74, 6) is -0.590. The van der Waals surface area contributed by atoms with Crippen molar-refractivity contribution in [1.82, 2.24) is 9.78 Å². The van der Waals surface area contributed by atoms with Gasteiger partial charge in [0.05, 0.1) is 22.0 Å². The zero-order chi connectivity index (χ0) is 18.4. The van der Waals surface area contributed by atoms with Crippen LogP contribution in [0.2, 0.25) is 5.02 Å². The molecule has 0 radical (unpaired) electrons. The minimum atomic E-state index is -0.738. The van der Waals surface area contributed by atoms with Crippen LogP contribution >= 0.6 is 22.9 Å². The van der Waals surface area contributed by atoms with E-state index in [2.05, 4.69) is 10.4 Å². The molecule has 26 heavy (non-hydrogen) atoms. The number of thiophene rings is 1. The molecule has 1 aromatic carbocycles. The number of benzene rings is 1. The number of nitrogens with two attached hydrogens (primary N) is 2. The molecule has 1 aliphatic rings. The molecule has 3 amide bonds. The maximum Gasteiger partial charge on any atom is 0.317 e. The van der Waals surface area contributed by atoms with E-state index in [0.29, 0.717) is 28.4 Å². The fourth-order valence-electron chi connectivity index (χ4n) is 3.17. The van der Waals surface area contributed by atoms with Gasteiger partial charge < -0.3 is 11.5 Å². The molecular formula is C17H14ClN5O2S. The minimum Gasteiger partial charge on any atom is -0.365 e. The summed E-state index contributed by atoms with van der Waals surface area (Å²) in [5.41, 5.74) is 14.5. The van der Waals surface area contributed by atoms with E-state index in [1.54, 1.807) is 10.7 Å². The van der Waals surface area contributed by atoms with Crippen LogP contribution in [0, 0.1) is 0 Å². The zero-order valence-electron chi connectivity index (χ0n) is 13.5. The van der Waals surface area contributed by atoms with Crippen LogP contribution in [0.15, 0.2) is 30.5 Å². The second kappa shape index (κ2) is 6.15. The Balaban J connectivity index is 1.87. The van der Waals surface area contributed by atoms with Crippen molar-refractivity contribution < 1.29 is 9.59 Å². The third-order valence-corrected chi connectivity index (χ3v) is 5.74. The highest BCUT2D eigenvalue weighted by Crippen LogP contribution is 2.45. The average molecular weight is 388 g/mol. The molecule has 0 aliphatic heterocycles. The Morgan fingerprint density at radius 2 is 2.00 bits per heavy atom. The molecule has 7 nitrogen and oxygen atoms in total. The fraction of sp³-hybridized carbons (Fsp3) is 0.118. The number of urea groups is 1. The number of hydrogen-bond acceptors (Lipinski definition) is 4. The van der Waals surface area contributed by atoms with E-state index in [1.165, 1.54) is 11.3 Å². The molecule has 132 valence electrons. The highest BCUT2D eigenvalue weighted by Gasteiger charge is 2.29. The number of rotatable bonds is 3. The summed E-state index contributed by atoms with van der Waals surface area (Å²) in [7, 11) is 0. The van der Waals surface area contributed by atoms with E-state index in [-0.39, 0.29) is 0 Å². The minimum absolute atomic E-state index is 0.319. The van der Waals surface area contributed by atoms with Gasteiger partial charge in [-0.25, -0.2) is 9.48 Å². The van der Waals surface area contributed by atoms with E-state index in [9.17, 15) is 9.59 Å². The van der Waals surface area contributed by atoms with Gasteiger partial charge in [0, 0.05) is 16.6 Å². The number of aromatic nitrogens is 2. The monoisotopic (exact) mass is 387 g/mol. The number of carbonyl (C=O) groups excluding carboxylic acids is 2. The Morgan fingerprint density at radius 3 is 2.69 bits per heavy atom. The highest BCUT2D eigenvalue weighted by molar-refractivity contribution is 7.20. The van der Waals surface area contributed by atoms with Crippen LogP contribution in [0.3, 0.4) is 0 Å². The Labute approximate surface area is 157 Å². The lowest BCUT2D eigenvalue weighted by molar-refractivity contribution is 0.100. The number of primary amides is 2. The van der Waals surface area contributed by atoms with Gasteiger partial charge in [0.1, 0.15) is 5.00 Å². The molecule has 0 spiro atoms. The van der Waals surface area contributed by atoms with Crippen molar-refractivity contribution in [1.29, 1.82) is 0 Å². The van der Waals surface area contributed by atoms with Crippen LogP contribution in [-0.4, -0.2) is 21.7 Å². The summed E-state index contributed by atoms with van der Waals surface area (Å²) < 4.78 is 1.73. The normalized spacial score (nSPS) is 12.3. The number of aryl methyl sites for hydroxylation is 1. The van der Waals surface area contributed by atoms with E-state index in [1.807, 2.05) is 24.4 Å². The third kappa shape index (κ3) is 2.63. The maximum absolute atomic E-state index is 11.9. The Morgan fingerprint density at radius 1 is 1.23 bits per heavy atom. The Kier molecular flexibility index (Phi) is 3.93. The summed E-state index contributed by atoms with van der Waals surface area (Å²) in [5, 5.41) is 8.09. The van der Waals surface area contributed by atoms with Crippen LogP contribution < -0.4 is 16.8 Å². The van der Waals surface area contributed by atoms with Crippen molar-refractivity contribution >= 4 is 39.9 Å². The fourth-order valence-corrected chi connectivity index (χ4v) is 4.68. The lowest BCUT2D eigenvalue weighted by Gasteiger charge is -2.11. The first-order valence-corrected chi connectivity index (χ1v) is 9.01. The van der Waals surface area contributed by atoms with Crippen LogP contribution in [0.5, 0.6) is 0 Å². The molecule has 2 heterocycles. The summed E-state index contributed by atoms with van der Waals surface area (Å²) in [6.45, 7) is 0. The standard InChI is InChI=1S/C17H14ClN5O2S/c18-10-3-1-2-4-12(10)23-7-9-11(22-23)6-5-8-13(15(19)24)16(21-17(20)25)26-14(8)9/h1-4,7H,5-6H2,(H2,19,24)(H3,20,21,25). The predicted octanol–water partition coefficient (Wildman–Crippen LogP) is 2.94. The number of nitrogens with zero attached hydrogens (tertiary/aromatic N) is 2. The van der Waals surface area contributed by atoms with Crippen molar-refractivity contribution in [2.45, 2.75) is 12.8 Å². The summed E-state index contributed by atoms with van der Waals surface area (Å²) >= 11 is 7.54. The van der Waals surface area contributed by atoms with Gasteiger partial charge in [-0.15, -0.1) is 11.3 Å². The van der Waals surface area contributed by atoms with Crippen molar-refractivity contribution in [2.24, 2.45) is 11.5 Å². The lowest BCUT2D eigenvalue weighted by Crippen LogP contribution is -2.22. The number of nitrogens with one attached hydrogen (secondary N) is 1. The number of anilines is 1. The molecule has 2 aromatic heterocycles. The van der Waals surface area contributed by atoms with Crippen molar-refractivity contribution in [3.05, 3.63) is 52.3 Å². The van der Waals surface area contributed by atoms with Crippen LogP contribution in [0.25, 0.3) is 16.1 Å². The molecule has 3 aromatic rings. The second-order valence-corrected chi connectivity index (χ2v) is 7.28. The molecule has 0 saturated heterocycles. The van der Waals surface area contributed by atoms with Gasteiger partial charge in [0.15, 0.2) is 0 Å². The van der Waals surface area contributed by atoms with Gasteiger partial charge in [-0.1, -0.05) is 23.7 Å². The van der Waals surface area contributed by atoms with Gasteiger partial charge in [-0.2, -0.15) is 5.10 Å². The molecule has 0 fully saturated rings. The van der Waals surface area contributed by atoms with E-state index < -0.39 is 11.9 Å². The zero-order valence-corrected chi connectivity index (χ0v) is 15.0. The Hall–Kier alpha value is -2.84. The Bertz CT molecular complexity index is 1060. The number of para-hydroxylation sites is 1. The number of carbonyl (C=O) groups is 2. The molecule has 0 unspecified atom stereocenters. The van der Waals surface area contributed by atoms with Gasteiger partial charge in [-0.3, -0.25) is 10.1 Å². The van der Waals surface area contributed by atoms with Crippen molar-refractivity contribution in [2.75, 3.05) is 5.32 Å². The second-order valence-electron chi connectivity index (χ2n) is 5.85. The SMILES string of the molecule is NC(=O)Nc1sc2c(c1C(N)=O)CCc1nn(-c3ccccc3Cl)cc1-2. The smallest absolute Gasteiger partial charge is 0.317 e. The first-order chi connectivity index (χ1) is 12.5. The van der Waals surface area contributed by atoms with E-state index in [4.69, 9.17) is 23.1 Å². The highest BCUT2D eigenvalue weighted by atomic mass is 35.5. The van der Waals surface area contributed by atoms with E-state index in [0.717, 1.165) is 27.4 Å². The van der Waals surface area contributed by atoms with Gasteiger partial charge >= 0.3 is 6.03 Å². The third-order valence-electron chi connectivity index (χ3n) is 4.24.